The van der Waals surface area contributed by atoms with Crippen LogP contribution in [0.2, 0.25) is 0 Å². The van der Waals surface area contributed by atoms with Crippen molar-refractivity contribution in [2.24, 2.45) is 5.92 Å². The highest BCUT2D eigenvalue weighted by Gasteiger charge is 2.60. The topological polar surface area (TPSA) is 578 Å². The molecule has 42 heteroatoms. The maximum Gasteiger partial charge on any atom is 0.325 e. The van der Waals surface area contributed by atoms with Crippen LogP contribution in [-0.4, -0.2) is 325 Å². The van der Waals surface area contributed by atoms with E-state index in [-0.39, 0.29) is 245 Å². The first-order chi connectivity index (χ1) is 62.9. The first-order valence-corrected chi connectivity index (χ1v) is 48.0. The van der Waals surface area contributed by atoms with Crippen LogP contribution in [-0.2, 0) is 83.3 Å². The van der Waals surface area contributed by atoms with Gasteiger partial charge >= 0.3 is 5.97 Å². The number of hydrogen-bond acceptors (Lipinski definition) is 28. The highest BCUT2D eigenvalue weighted by atomic mass is 16.5. The van der Waals surface area contributed by atoms with Crippen LogP contribution in [0.5, 0.6) is 0 Å². The molecule has 1 aromatic rings. The smallest absolute Gasteiger partial charge is 0.325 e. The summed E-state index contributed by atoms with van der Waals surface area (Å²) < 4.78 is 5.45. The van der Waals surface area contributed by atoms with Crippen LogP contribution in [0.4, 0.5) is 0 Å². The van der Waals surface area contributed by atoms with Crippen LogP contribution in [0.3, 0.4) is 0 Å². The monoisotopic (exact) mass is 1830 g/mol. The van der Waals surface area contributed by atoms with Crippen molar-refractivity contribution in [3.63, 3.8) is 0 Å². The van der Waals surface area contributed by atoms with Gasteiger partial charge in [-0.2, -0.15) is 0 Å². The number of rotatable bonds is 32. The van der Waals surface area contributed by atoms with Gasteiger partial charge in [0.25, 0.3) is 0 Å². The molecule has 0 spiro atoms. The van der Waals surface area contributed by atoms with E-state index in [1.54, 1.807) is 0 Å². The van der Waals surface area contributed by atoms with Gasteiger partial charge in [0.2, 0.25) is 82.7 Å². The molecule has 0 bridgehead atoms. The van der Waals surface area contributed by atoms with Gasteiger partial charge in [-0.1, -0.05) is 44.2 Å². The second-order valence-electron chi connectivity index (χ2n) is 39.2. The Kier molecular flexibility index (Phi) is 32.9. The first kappa shape index (κ1) is 99.3. The summed E-state index contributed by atoms with van der Waals surface area (Å²) in [6.07, 6.45) is 2.79. The Morgan fingerprint density at radius 1 is 0.267 bits per heavy atom. The number of hydrogen-bond donors (Lipinski definition) is 26. The molecule has 0 radical (unpaired) electrons. The number of carbonyl (C=O) groups is 15. The average Bonchev–Trinajstić information content (AvgIpc) is 0.762. The molecule has 1 unspecified atom stereocenters. The summed E-state index contributed by atoms with van der Waals surface area (Å²) in [5.41, 5.74) is -18.6. The van der Waals surface area contributed by atoms with Gasteiger partial charge in [-0.3, -0.25) is 71.9 Å². The van der Waals surface area contributed by atoms with Crippen molar-refractivity contribution in [3.05, 3.63) is 35.9 Å². The van der Waals surface area contributed by atoms with Crippen molar-refractivity contribution in [3.8, 4) is 0 Å². The molecule has 12 saturated heterocycles. The third kappa shape index (κ3) is 22.9. The predicted molar refractivity (Wildman–Crippen MR) is 482 cm³/mol. The van der Waals surface area contributed by atoms with Crippen LogP contribution in [0.1, 0.15) is 187 Å². The third-order valence-electron chi connectivity index (χ3n) is 30.0. The van der Waals surface area contributed by atoms with Crippen LogP contribution < -0.4 is 138 Å². The summed E-state index contributed by atoms with van der Waals surface area (Å²) in [6.45, 7) is 12.0. The van der Waals surface area contributed by atoms with Gasteiger partial charge in [0.1, 0.15) is 85.7 Å². The maximum atomic E-state index is 16.0. The Labute approximate surface area is 765 Å². The molecule has 12 fully saturated rings. The molecule has 12 aliphatic rings. The summed E-state index contributed by atoms with van der Waals surface area (Å²) in [5.74, 6) is -9.11. The summed E-state index contributed by atoms with van der Waals surface area (Å²) in [7, 11) is 0. The van der Waals surface area contributed by atoms with E-state index in [9.17, 15) is 19.2 Å². The molecule has 1 atom stereocenters. The number of benzene rings is 1. The SMILES string of the molecule is CC(=O)NC(CC(C)C)C(=O)NC1(C(=O)NC2(C(=O)NC3(C(=O)NC4(C(=O)NC5(C(=O)NC6(C(=O)NC7(C(=O)NC8(C(=O)NC9(C(=O)NC%10(C(=O)NC%11(C(=O)NC%12(C(=O)NCC(=O)OCc%13ccccc%13)CCNCC%12)CCNCC%11)CCNCC%10)CCNCC9)CCNCC8)CCNCC7)CCNCC6)CCNCC5)CCNCC4)CCNCC3)CCNCC2)CCNCC1. The van der Waals surface area contributed by atoms with E-state index in [0.29, 0.717) is 85.0 Å². The van der Waals surface area contributed by atoms with Crippen LogP contribution >= 0.6 is 0 Å². The lowest BCUT2D eigenvalue weighted by atomic mass is 9.78. The Bertz CT molecular complexity index is 4210. The molecule has 42 nitrogen and oxygen atoms in total. The Balaban J connectivity index is 0.699. The molecule has 726 valence electrons. The van der Waals surface area contributed by atoms with Crippen molar-refractivity contribution in [2.75, 3.05) is 164 Å². The minimum Gasteiger partial charge on any atom is -0.460 e. The Morgan fingerprint density at radius 3 is 0.618 bits per heavy atom. The molecular formula is C89H144N26O16. The molecule has 12 heterocycles. The molecule has 13 rings (SSSR count). The highest BCUT2D eigenvalue weighted by molar-refractivity contribution is 6.06. The van der Waals surface area contributed by atoms with Gasteiger partial charge in [-0.05, 0) is 329 Å². The number of ether oxygens (including phenoxy) is 1. The van der Waals surface area contributed by atoms with Crippen molar-refractivity contribution in [2.45, 2.75) is 260 Å². The number of carbonyl (C=O) groups excluding carboxylic acids is 15. The largest absolute Gasteiger partial charge is 0.460 e. The Hall–Kier alpha value is -9.21. The molecule has 12 aliphatic heterocycles. The van der Waals surface area contributed by atoms with Gasteiger partial charge in [0.15, 0.2) is 0 Å². The van der Waals surface area contributed by atoms with Crippen molar-refractivity contribution in [1.82, 2.24) is 138 Å². The van der Waals surface area contributed by atoms with Gasteiger partial charge < -0.3 is 143 Å². The zero-order chi connectivity index (χ0) is 93.1. The maximum absolute atomic E-state index is 16.0. The zero-order valence-corrected chi connectivity index (χ0v) is 76.6. The quantitative estimate of drug-likeness (QED) is 0.0298. The van der Waals surface area contributed by atoms with E-state index in [1.807, 2.05) is 44.2 Å². The Morgan fingerprint density at radius 2 is 0.443 bits per heavy atom. The fraction of sp³-hybridized carbons (Fsp3) is 0.764. The van der Waals surface area contributed by atoms with E-state index >= 15 is 52.7 Å². The van der Waals surface area contributed by atoms with E-state index in [0.717, 1.165) is 5.56 Å². The number of esters is 1. The van der Waals surface area contributed by atoms with E-state index < -0.39 is 168 Å². The lowest BCUT2D eigenvalue weighted by molar-refractivity contribution is -0.148. The molecule has 0 aromatic heterocycles. The van der Waals surface area contributed by atoms with E-state index in [2.05, 4.69) is 138 Å². The van der Waals surface area contributed by atoms with E-state index in [4.69, 9.17) is 4.74 Å². The highest BCUT2D eigenvalue weighted by Crippen LogP contribution is 2.37. The van der Waals surface area contributed by atoms with Crippen LogP contribution in [0, 0.1) is 5.92 Å². The van der Waals surface area contributed by atoms with Crippen molar-refractivity contribution in [1.29, 1.82) is 0 Å². The number of piperidine rings is 12. The third-order valence-corrected chi connectivity index (χ3v) is 30.0. The van der Waals surface area contributed by atoms with Gasteiger partial charge in [-0.25, -0.2) is 0 Å². The molecule has 1 aromatic carbocycles. The summed E-state index contributed by atoms with van der Waals surface area (Å²) in [6, 6.07) is 8.18. The first-order valence-electron chi connectivity index (χ1n) is 48.0. The fourth-order valence-electron chi connectivity index (χ4n) is 21.2. The number of amides is 14. The lowest BCUT2D eigenvalue weighted by Crippen LogP contribution is -2.77. The van der Waals surface area contributed by atoms with Crippen LogP contribution in [0.25, 0.3) is 0 Å². The molecular weight excluding hydrogens is 1690 g/mol. The minimum atomic E-state index is -1.68. The fourth-order valence-corrected chi connectivity index (χ4v) is 21.2. The molecule has 26 N–H and O–H groups in total. The zero-order valence-electron chi connectivity index (χ0n) is 76.6. The predicted octanol–water partition coefficient (Wildman–Crippen LogP) is -7.74. The molecule has 131 heavy (non-hydrogen) atoms. The van der Waals surface area contributed by atoms with Crippen molar-refractivity contribution >= 4 is 88.7 Å². The number of nitrogens with one attached hydrogen (secondary N) is 26. The van der Waals surface area contributed by atoms with Gasteiger partial charge in [0, 0.05) is 6.92 Å². The van der Waals surface area contributed by atoms with Gasteiger partial charge in [0.05, 0.1) is 0 Å². The molecule has 14 amide bonds. The second-order valence-corrected chi connectivity index (χ2v) is 39.2. The summed E-state index contributed by atoms with van der Waals surface area (Å²) >= 11 is 0. The summed E-state index contributed by atoms with van der Waals surface area (Å²) in [5, 5.41) is 82.9. The van der Waals surface area contributed by atoms with Crippen LogP contribution in [0.15, 0.2) is 30.3 Å². The van der Waals surface area contributed by atoms with Crippen molar-refractivity contribution < 1.29 is 76.7 Å². The minimum absolute atomic E-state index is 0.00233. The normalized spacial score (nSPS) is 24.4. The van der Waals surface area contributed by atoms with E-state index in [1.165, 1.54) is 6.92 Å². The molecule has 0 saturated carbocycles. The van der Waals surface area contributed by atoms with Gasteiger partial charge in [-0.15, -0.1) is 0 Å². The summed E-state index contributed by atoms with van der Waals surface area (Å²) in [4.78, 5) is 227. The molecule has 0 aliphatic carbocycles. The lowest BCUT2D eigenvalue weighted by Gasteiger charge is -2.48. The average molecular weight is 1830 g/mol. The standard InChI is InChI=1S/C89H144N26O16/c1-60(2)57-63(103-61(3)116)65(118)104-79(11-35-91-36-12-79)67(120)106-81(15-39-93-40-16-81)69(122)108-83(19-43-95-44-20-83)71(124)110-85(23-47-97-48-24-85)73(126)112-87(27-51-99-52-28-87)75(128)114-89(31-55-101-56-32-89)77(130)115-88(29-53-100-54-30-88)76(129)113-86(25-49-98-50-26-86)74(127)111-84(21-45-96-46-22-84)72(125)109-82(17-41-94-42-18-82)70(123)107-80(13-37-92-38-14-80)68(121)105-78(9-33-90-34-10-78)66(119)102-58-64(117)131-59-62-7-5-4-6-8-62/h4-8,60,63,90-101H,9-59H2,1-3H3,(H,102,119)(H,103,116)(H,104,118)(H,105,121)(H,106,120)(H,107,123)(H,108,122)(H,109,125)(H,110,124)(H,111,127)(H,112,126)(H,113,129)(H,114,128)(H,115,130). The second kappa shape index (κ2) is 43.4.